The number of nitrogen functional groups attached to an aromatic ring is 1. The number of hydrogen-bond donors (Lipinski definition) is 8. The largest absolute Gasteiger partial charge is 0.481 e. The molecule has 10 N–H and O–H groups in total. The number of anilines is 1. The Morgan fingerprint density at radius 2 is 1.48 bits per heavy atom. The fourth-order valence-electron chi connectivity index (χ4n) is 5.65. The normalized spacial score (nSPS) is 31.3. The highest BCUT2D eigenvalue weighted by atomic mass is 31.3. The second kappa shape index (κ2) is 14.8. The second-order valence-electron chi connectivity index (χ2n) is 11.6. The molecule has 6 rings (SSSR count). The summed E-state index contributed by atoms with van der Waals surface area (Å²) in [7, 11) is -10.9. The minimum Gasteiger partial charge on any atom is -0.387 e. The number of ether oxygens (including phenoxy) is 2. The standard InChI is InChI=1S/C27H32N8O15P2/c28-23-17-25(32-10-31-23)35(11-33-17)27-22(40)20(38)16(49-27)9-47-52(44,45)50-51(42,43)46-8-15-19(37)21(39)26(48-15)34-6-3-13(14(7-34)24(29)41)18(36)12-1-4-30-5-2-12/h1-7,10-11,13,15-16,19-22,26-27,37-40H,8-9H2,(H2,29,41)(H,42,43)(H,44,45)(H2,28,31,32)/t13-,15+,16+,19+,20+,21+,22+,26-,27+/m0/s1. The number of Topliss-reactive ketones (excluding diaryl/α,β-unsaturated/α-hetero) is 1. The van der Waals surface area contributed by atoms with Crippen molar-refractivity contribution in [3.05, 3.63) is 66.8 Å². The van der Waals surface area contributed by atoms with Crippen LogP contribution in [0.4, 0.5) is 5.82 Å². The Bertz CT molecular complexity index is 1980. The fourth-order valence-corrected chi connectivity index (χ4v) is 7.74. The number of aliphatic hydroxyl groups is 4. The molecule has 3 aromatic heterocycles. The highest BCUT2D eigenvalue weighted by Crippen LogP contribution is 2.60. The maximum atomic E-state index is 13.0. The molecule has 3 aliphatic rings. The summed E-state index contributed by atoms with van der Waals surface area (Å²) in [5, 5.41) is 42.3. The van der Waals surface area contributed by atoms with Crippen molar-refractivity contribution < 1.29 is 71.8 Å². The van der Waals surface area contributed by atoms with Gasteiger partial charge in [-0.3, -0.25) is 28.2 Å². The van der Waals surface area contributed by atoms with Gasteiger partial charge in [-0.2, -0.15) is 4.31 Å². The SMILES string of the molecule is NC(=O)C1=CN([C@H]2O[C@H](COP(=O)(O)OP(=O)(O)OC[C@H]3O[C@@H](n4cnc5c(N)ncnc54)[C@H](O)[C@@H]3O)[C@@H](O)[C@H]2O)C=C[C@@H]1C(=O)c1ccncc1. The number of phosphoric acid groups is 2. The van der Waals surface area contributed by atoms with Crippen molar-refractivity contribution in [2.75, 3.05) is 18.9 Å². The average Bonchev–Trinajstić information content (AvgIpc) is 3.75. The highest BCUT2D eigenvalue weighted by Gasteiger charge is 2.49. The summed E-state index contributed by atoms with van der Waals surface area (Å²) in [5.74, 6) is -2.48. The molecule has 0 spiro atoms. The number of ketones is 1. The number of imidazole rings is 1. The topological polar surface area (TPSA) is 348 Å². The summed E-state index contributed by atoms with van der Waals surface area (Å²) < 4.78 is 51.3. The van der Waals surface area contributed by atoms with Crippen LogP contribution in [0.2, 0.25) is 0 Å². The van der Waals surface area contributed by atoms with Gasteiger partial charge in [0, 0.05) is 35.9 Å². The van der Waals surface area contributed by atoms with Crippen molar-refractivity contribution in [2.24, 2.45) is 11.7 Å². The molecular formula is C27H32N8O15P2. The van der Waals surface area contributed by atoms with Crippen LogP contribution in [0.3, 0.4) is 0 Å². The van der Waals surface area contributed by atoms with E-state index in [0.717, 1.165) is 17.4 Å². The van der Waals surface area contributed by atoms with Gasteiger partial charge in [-0.05, 0) is 12.1 Å². The zero-order chi connectivity index (χ0) is 37.5. The summed E-state index contributed by atoms with van der Waals surface area (Å²) in [5.41, 5.74) is 11.7. The first kappa shape index (κ1) is 37.7. The minimum atomic E-state index is -5.45. The average molecular weight is 771 g/mol. The number of rotatable bonds is 13. The number of aromatic nitrogens is 5. The Morgan fingerprint density at radius 3 is 2.10 bits per heavy atom. The van der Waals surface area contributed by atoms with E-state index in [1.807, 2.05) is 0 Å². The van der Waals surface area contributed by atoms with Crippen molar-refractivity contribution in [1.29, 1.82) is 0 Å². The Labute approximate surface area is 291 Å². The molecule has 0 saturated carbocycles. The van der Waals surface area contributed by atoms with Gasteiger partial charge in [0.2, 0.25) is 5.91 Å². The Morgan fingerprint density at radius 1 is 0.885 bits per heavy atom. The quantitative estimate of drug-likeness (QED) is 0.0676. The van der Waals surface area contributed by atoms with Gasteiger partial charge >= 0.3 is 15.6 Å². The smallest absolute Gasteiger partial charge is 0.387 e. The van der Waals surface area contributed by atoms with Gasteiger partial charge < -0.3 is 56.1 Å². The zero-order valence-corrected chi connectivity index (χ0v) is 28.2. The zero-order valence-electron chi connectivity index (χ0n) is 26.4. The summed E-state index contributed by atoms with van der Waals surface area (Å²) in [6.45, 7) is -1.90. The molecule has 0 aromatic carbocycles. The number of aliphatic hydroxyl groups excluding tert-OH is 4. The van der Waals surface area contributed by atoms with Crippen LogP contribution in [0.1, 0.15) is 16.6 Å². The highest BCUT2D eigenvalue weighted by molar-refractivity contribution is 7.61. The lowest BCUT2D eigenvalue weighted by Gasteiger charge is -2.31. The van der Waals surface area contributed by atoms with E-state index in [9.17, 15) is 48.9 Å². The van der Waals surface area contributed by atoms with E-state index in [1.54, 1.807) is 0 Å². The minimum absolute atomic E-state index is 0.0378. The van der Waals surface area contributed by atoms with Crippen molar-refractivity contribution in [1.82, 2.24) is 29.4 Å². The molecule has 3 aliphatic heterocycles. The van der Waals surface area contributed by atoms with E-state index in [1.165, 1.54) is 47.7 Å². The number of fused-ring (bicyclic) bond motifs is 1. The van der Waals surface area contributed by atoms with Crippen LogP contribution in [0.25, 0.3) is 11.2 Å². The molecule has 0 aliphatic carbocycles. The van der Waals surface area contributed by atoms with Crippen LogP contribution in [0.15, 0.2) is 61.2 Å². The van der Waals surface area contributed by atoms with Crippen LogP contribution in [0, 0.1) is 5.92 Å². The van der Waals surface area contributed by atoms with Crippen LogP contribution in [0.5, 0.6) is 0 Å². The van der Waals surface area contributed by atoms with E-state index < -0.39 is 95.5 Å². The first-order chi connectivity index (χ1) is 24.6. The van der Waals surface area contributed by atoms with Crippen LogP contribution >= 0.6 is 15.6 Å². The van der Waals surface area contributed by atoms with Crippen LogP contribution in [-0.4, -0.2) is 127 Å². The molecule has 11 atom stereocenters. The number of pyridine rings is 1. The second-order valence-corrected chi connectivity index (χ2v) is 14.6. The first-order valence-corrected chi connectivity index (χ1v) is 18.1. The van der Waals surface area contributed by atoms with Gasteiger partial charge in [0.05, 0.1) is 25.5 Å². The number of amides is 1. The number of phosphoric ester groups is 2. The van der Waals surface area contributed by atoms with E-state index >= 15 is 0 Å². The Balaban J connectivity index is 1.03. The molecule has 0 radical (unpaired) electrons. The molecule has 2 unspecified atom stereocenters. The Kier molecular flexibility index (Phi) is 10.7. The lowest BCUT2D eigenvalue weighted by atomic mass is 9.89. The number of carbonyl (C=O) groups is 2. The summed E-state index contributed by atoms with van der Waals surface area (Å²) >= 11 is 0. The molecular weight excluding hydrogens is 738 g/mol. The number of nitrogens with two attached hydrogens (primary N) is 2. The van der Waals surface area contributed by atoms with Crippen molar-refractivity contribution in [3.63, 3.8) is 0 Å². The molecule has 23 nitrogen and oxygen atoms in total. The Hall–Kier alpha value is -4.06. The van der Waals surface area contributed by atoms with Gasteiger partial charge in [0.25, 0.3) is 0 Å². The van der Waals surface area contributed by atoms with Crippen molar-refractivity contribution >= 4 is 44.3 Å². The first-order valence-electron chi connectivity index (χ1n) is 15.1. The molecule has 52 heavy (non-hydrogen) atoms. The number of carbonyl (C=O) groups excluding carboxylic acids is 2. The molecule has 0 bridgehead atoms. The number of nitrogens with zero attached hydrogens (tertiary/aromatic N) is 6. The molecule has 6 heterocycles. The molecule has 280 valence electrons. The lowest BCUT2D eigenvalue weighted by molar-refractivity contribution is -0.115. The maximum Gasteiger partial charge on any atom is 0.481 e. The lowest BCUT2D eigenvalue weighted by Crippen LogP contribution is -2.41. The molecule has 2 fully saturated rings. The van der Waals surface area contributed by atoms with Crippen LogP contribution < -0.4 is 11.5 Å². The van der Waals surface area contributed by atoms with E-state index in [0.29, 0.717) is 0 Å². The van der Waals surface area contributed by atoms with Gasteiger partial charge in [0.1, 0.15) is 48.5 Å². The summed E-state index contributed by atoms with van der Waals surface area (Å²) in [6.07, 6.45) is -3.56. The van der Waals surface area contributed by atoms with Crippen molar-refractivity contribution in [3.8, 4) is 0 Å². The molecule has 25 heteroatoms. The third-order valence-corrected chi connectivity index (χ3v) is 10.8. The predicted octanol–water partition coefficient (Wildman–Crippen LogP) is -2.18. The fraction of sp³-hybridized carbons (Fsp3) is 0.407. The van der Waals surface area contributed by atoms with Gasteiger partial charge in [0.15, 0.2) is 29.7 Å². The van der Waals surface area contributed by atoms with Gasteiger partial charge in [-0.1, -0.05) is 6.08 Å². The molecule has 1 amide bonds. The number of allylic oxidation sites excluding steroid dienone is 1. The maximum absolute atomic E-state index is 13.0. The molecule has 3 aromatic rings. The molecule has 2 saturated heterocycles. The third-order valence-electron chi connectivity index (χ3n) is 8.25. The van der Waals surface area contributed by atoms with Crippen LogP contribution in [-0.2, 0) is 36.8 Å². The third kappa shape index (κ3) is 7.68. The van der Waals surface area contributed by atoms with Gasteiger partial charge in [-0.25, -0.2) is 24.1 Å². The van der Waals surface area contributed by atoms with Crippen molar-refractivity contribution in [2.45, 2.75) is 49.1 Å². The predicted molar refractivity (Wildman–Crippen MR) is 169 cm³/mol. The van der Waals surface area contributed by atoms with E-state index in [-0.39, 0.29) is 28.1 Å². The van der Waals surface area contributed by atoms with E-state index in [2.05, 4.69) is 24.2 Å². The summed E-state index contributed by atoms with van der Waals surface area (Å²) in [6, 6.07) is 2.90. The number of hydrogen-bond acceptors (Lipinski definition) is 19. The number of primary amides is 1. The van der Waals surface area contributed by atoms with Gasteiger partial charge in [-0.15, -0.1) is 0 Å². The van der Waals surface area contributed by atoms with E-state index in [4.69, 9.17) is 30.0 Å². The summed E-state index contributed by atoms with van der Waals surface area (Å²) in [4.78, 5) is 62.4. The monoisotopic (exact) mass is 770 g/mol.